The highest BCUT2D eigenvalue weighted by molar-refractivity contribution is 9.10. The zero-order valence-electron chi connectivity index (χ0n) is 12.1. The zero-order valence-corrected chi connectivity index (χ0v) is 13.7. The summed E-state index contributed by atoms with van der Waals surface area (Å²) in [6.45, 7) is 0.350. The van der Waals surface area contributed by atoms with Crippen LogP contribution in [-0.4, -0.2) is 35.3 Å². The summed E-state index contributed by atoms with van der Waals surface area (Å²) < 4.78 is 6.20. The molecule has 7 heteroatoms. The summed E-state index contributed by atoms with van der Waals surface area (Å²) in [5.41, 5.74) is 1.19. The molecule has 1 unspecified atom stereocenters. The minimum Gasteiger partial charge on any atom is -0.481 e. The second-order valence-electron chi connectivity index (χ2n) is 5.32. The Bertz CT molecular complexity index is 753. The van der Waals surface area contributed by atoms with Gasteiger partial charge in [-0.3, -0.25) is 19.7 Å². The fourth-order valence-corrected chi connectivity index (χ4v) is 3.28. The first-order valence-electron chi connectivity index (χ1n) is 7.04. The zero-order chi connectivity index (χ0) is 16.6. The number of imide groups is 1. The van der Waals surface area contributed by atoms with Crippen LogP contribution < -0.4 is 10.1 Å². The number of amides is 3. The summed E-state index contributed by atoms with van der Waals surface area (Å²) in [5, 5.41) is 2.28. The van der Waals surface area contributed by atoms with Gasteiger partial charge < -0.3 is 9.64 Å². The average Bonchev–Trinajstić information content (AvgIpc) is 2.82. The molecule has 0 aromatic heterocycles. The molecule has 2 aliphatic rings. The lowest BCUT2D eigenvalue weighted by atomic mass is 10.0. The van der Waals surface area contributed by atoms with Crippen molar-refractivity contribution < 1.29 is 19.1 Å². The van der Waals surface area contributed by atoms with Crippen molar-refractivity contribution in [1.82, 2.24) is 10.2 Å². The highest BCUT2D eigenvalue weighted by Crippen LogP contribution is 2.36. The number of hydrogen-bond acceptors (Lipinski definition) is 4. The fraction of sp³-hybridized carbons (Fsp3) is 0.312. The Morgan fingerprint density at radius 1 is 1.39 bits per heavy atom. The van der Waals surface area contributed by atoms with Gasteiger partial charge in [-0.05, 0) is 18.6 Å². The molecule has 3 rings (SSSR count). The van der Waals surface area contributed by atoms with Gasteiger partial charge >= 0.3 is 0 Å². The van der Waals surface area contributed by atoms with Gasteiger partial charge in [0.2, 0.25) is 11.8 Å². The van der Waals surface area contributed by atoms with Crippen molar-refractivity contribution in [2.45, 2.75) is 25.4 Å². The topological polar surface area (TPSA) is 75.7 Å². The van der Waals surface area contributed by atoms with Crippen LogP contribution in [0, 0.1) is 12.3 Å². The van der Waals surface area contributed by atoms with Gasteiger partial charge in [0.05, 0.1) is 6.54 Å². The molecular formula is C16H13BrN2O4. The number of terminal acetylenes is 1. The molecule has 23 heavy (non-hydrogen) atoms. The molecule has 6 nitrogen and oxygen atoms in total. The van der Waals surface area contributed by atoms with Crippen molar-refractivity contribution in [2.24, 2.45) is 0 Å². The fourth-order valence-electron chi connectivity index (χ4n) is 2.84. The van der Waals surface area contributed by atoms with Crippen LogP contribution in [0.5, 0.6) is 5.75 Å². The molecule has 0 spiro atoms. The number of nitrogens with zero attached hydrogens (tertiary/aromatic N) is 1. The largest absolute Gasteiger partial charge is 0.481 e. The highest BCUT2D eigenvalue weighted by atomic mass is 79.9. The van der Waals surface area contributed by atoms with E-state index in [9.17, 15) is 14.4 Å². The van der Waals surface area contributed by atoms with E-state index in [4.69, 9.17) is 11.2 Å². The first kappa shape index (κ1) is 15.6. The normalized spacial score (nSPS) is 20.1. The minimum absolute atomic E-state index is 0.0928. The van der Waals surface area contributed by atoms with E-state index in [-0.39, 0.29) is 31.4 Å². The van der Waals surface area contributed by atoms with Gasteiger partial charge in [0.25, 0.3) is 5.91 Å². The number of rotatable bonds is 3. The van der Waals surface area contributed by atoms with Crippen LogP contribution in [0.4, 0.5) is 0 Å². The molecule has 0 radical (unpaired) electrons. The number of hydrogen-bond donors (Lipinski definition) is 1. The van der Waals surface area contributed by atoms with E-state index in [1.165, 1.54) is 4.90 Å². The van der Waals surface area contributed by atoms with Crippen molar-refractivity contribution in [3.63, 3.8) is 0 Å². The molecule has 3 amide bonds. The summed E-state index contributed by atoms with van der Waals surface area (Å²) >= 11 is 3.34. The van der Waals surface area contributed by atoms with Crippen LogP contribution in [0.3, 0.4) is 0 Å². The molecule has 0 saturated carbocycles. The molecule has 1 aromatic carbocycles. The Morgan fingerprint density at radius 3 is 2.87 bits per heavy atom. The smallest absolute Gasteiger partial charge is 0.255 e. The molecule has 1 aromatic rings. The predicted octanol–water partition coefficient (Wildman–Crippen LogP) is 1.22. The summed E-state index contributed by atoms with van der Waals surface area (Å²) in [5.74, 6) is 1.92. The Morgan fingerprint density at radius 2 is 2.17 bits per heavy atom. The van der Waals surface area contributed by atoms with E-state index in [2.05, 4.69) is 27.2 Å². The molecule has 1 N–H and O–H groups in total. The molecule has 1 fully saturated rings. The third kappa shape index (κ3) is 2.82. The third-order valence-electron chi connectivity index (χ3n) is 3.89. The molecule has 118 valence electrons. The number of fused-ring (bicyclic) bond motifs is 1. The Hall–Kier alpha value is -2.33. The van der Waals surface area contributed by atoms with Crippen molar-refractivity contribution >= 4 is 33.7 Å². The Labute approximate surface area is 141 Å². The summed E-state index contributed by atoms with van der Waals surface area (Å²) in [4.78, 5) is 37.4. The molecule has 1 saturated heterocycles. The quantitative estimate of drug-likeness (QED) is 0.635. The summed E-state index contributed by atoms with van der Waals surface area (Å²) in [7, 11) is 0. The lowest BCUT2D eigenvalue weighted by Crippen LogP contribution is -2.52. The monoisotopic (exact) mass is 376 g/mol. The van der Waals surface area contributed by atoms with Crippen LogP contribution >= 0.6 is 15.9 Å². The molecule has 2 aliphatic heterocycles. The van der Waals surface area contributed by atoms with E-state index >= 15 is 0 Å². The number of nitrogens with one attached hydrogen (secondary N) is 1. The molecule has 1 atom stereocenters. The van der Waals surface area contributed by atoms with Crippen molar-refractivity contribution in [2.75, 3.05) is 6.61 Å². The number of carbonyl (C=O) groups excluding carboxylic acids is 3. The van der Waals surface area contributed by atoms with Crippen LogP contribution in [0.25, 0.3) is 0 Å². The standard InChI is InChI=1S/C16H13BrN2O4/c1-2-5-23-13-7-9(17)6-10-11(13)8-19(16(10)22)12-3-4-14(20)18-15(12)21/h1,6-7,12H,3-5,8H2,(H,18,20,21). The van der Waals surface area contributed by atoms with Crippen LogP contribution in [0.2, 0.25) is 0 Å². The number of piperidine rings is 1. The van der Waals surface area contributed by atoms with Gasteiger partial charge in [-0.2, -0.15) is 0 Å². The van der Waals surface area contributed by atoms with E-state index in [1.807, 2.05) is 0 Å². The van der Waals surface area contributed by atoms with Gasteiger partial charge in [-0.15, -0.1) is 6.42 Å². The summed E-state index contributed by atoms with van der Waals surface area (Å²) in [6, 6.07) is 2.80. The van der Waals surface area contributed by atoms with Gasteiger partial charge in [-0.25, -0.2) is 0 Å². The van der Waals surface area contributed by atoms with Gasteiger partial charge in [0, 0.05) is 22.0 Å². The Balaban J connectivity index is 1.91. The first-order valence-corrected chi connectivity index (χ1v) is 7.84. The summed E-state index contributed by atoms with van der Waals surface area (Å²) in [6.07, 6.45) is 5.76. The van der Waals surface area contributed by atoms with Crippen molar-refractivity contribution in [3.8, 4) is 18.1 Å². The second kappa shape index (κ2) is 6.05. The third-order valence-corrected chi connectivity index (χ3v) is 4.35. The van der Waals surface area contributed by atoms with E-state index in [0.717, 1.165) is 0 Å². The van der Waals surface area contributed by atoms with E-state index in [0.29, 0.717) is 27.8 Å². The van der Waals surface area contributed by atoms with Crippen LogP contribution in [-0.2, 0) is 16.1 Å². The van der Waals surface area contributed by atoms with Gasteiger partial charge in [0.15, 0.2) is 0 Å². The maximum atomic E-state index is 12.6. The average molecular weight is 377 g/mol. The Kier molecular flexibility index (Phi) is 4.09. The number of benzene rings is 1. The minimum atomic E-state index is -0.646. The van der Waals surface area contributed by atoms with Crippen molar-refractivity contribution in [3.05, 3.63) is 27.7 Å². The first-order chi connectivity index (χ1) is 11.0. The predicted molar refractivity (Wildman–Crippen MR) is 84.5 cm³/mol. The van der Waals surface area contributed by atoms with Crippen LogP contribution in [0.1, 0.15) is 28.8 Å². The molecular weight excluding hydrogens is 364 g/mol. The molecule has 0 aliphatic carbocycles. The number of halogens is 1. The van der Waals surface area contributed by atoms with E-state index in [1.54, 1.807) is 12.1 Å². The van der Waals surface area contributed by atoms with Gasteiger partial charge in [-0.1, -0.05) is 21.9 Å². The number of ether oxygens (including phenoxy) is 1. The number of carbonyl (C=O) groups is 3. The van der Waals surface area contributed by atoms with Gasteiger partial charge in [0.1, 0.15) is 18.4 Å². The lowest BCUT2D eigenvalue weighted by Gasteiger charge is -2.29. The SMILES string of the molecule is C#CCOc1cc(Br)cc2c1CN(C1CCC(=O)NC1=O)C2=O. The van der Waals surface area contributed by atoms with Crippen LogP contribution in [0.15, 0.2) is 16.6 Å². The molecule has 0 bridgehead atoms. The van der Waals surface area contributed by atoms with E-state index < -0.39 is 11.9 Å². The maximum absolute atomic E-state index is 12.6. The highest BCUT2D eigenvalue weighted by Gasteiger charge is 2.40. The second-order valence-corrected chi connectivity index (χ2v) is 6.24. The van der Waals surface area contributed by atoms with Crippen molar-refractivity contribution in [1.29, 1.82) is 0 Å². The lowest BCUT2D eigenvalue weighted by molar-refractivity contribution is -0.136. The molecule has 2 heterocycles. The maximum Gasteiger partial charge on any atom is 0.255 e.